The van der Waals surface area contributed by atoms with Crippen molar-refractivity contribution in [3.63, 3.8) is 0 Å². The molecule has 0 aliphatic heterocycles. The molecule has 0 bridgehead atoms. The number of nitriles is 1. The number of carbonyl (C=O) groups is 1. The molecule has 0 fully saturated rings. The minimum Gasteiger partial charge on any atom is -0.338 e. The number of aryl methyl sites for hydroxylation is 1. The Balaban J connectivity index is 2.16. The summed E-state index contributed by atoms with van der Waals surface area (Å²) in [5.74, 6) is -1.01. The van der Waals surface area contributed by atoms with E-state index in [9.17, 15) is 9.18 Å². The fourth-order valence-electron chi connectivity index (χ4n) is 2.97. The summed E-state index contributed by atoms with van der Waals surface area (Å²) in [5, 5.41) is 13.5. The van der Waals surface area contributed by atoms with E-state index in [2.05, 4.69) is 16.2 Å². The molecular formula is C20H19FN4O2. The van der Waals surface area contributed by atoms with E-state index in [0.29, 0.717) is 35.4 Å². The van der Waals surface area contributed by atoms with Gasteiger partial charge in [0.1, 0.15) is 5.82 Å². The Kier molecular flexibility index (Phi) is 5.17. The molecule has 0 aliphatic rings. The van der Waals surface area contributed by atoms with Gasteiger partial charge in [-0.25, -0.2) is 9.37 Å². The third-order valence-corrected chi connectivity index (χ3v) is 4.38. The quantitative estimate of drug-likeness (QED) is 0.682. The highest BCUT2D eigenvalue weighted by Gasteiger charge is 2.24. The van der Waals surface area contributed by atoms with Gasteiger partial charge in [0.2, 0.25) is 0 Å². The molecule has 2 aromatic heterocycles. The molecule has 7 heteroatoms. The molecule has 6 nitrogen and oxygen atoms in total. The fraction of sp³-hybridized carbons (Fsp3) is 0.300. The summed E-state index contributed by atoms with van der Waals surface area (Å²) in [5.41, 5.74) is 1.62. The highest BCUT2D eigenvalue weighted by Crippen LogP contribution is 2.29. The van der Waals surface area contributed by atoms with Crippen LogP contribution in [-0.4, -0.2) is 34.0 Å². The van der Waals surface area contributed by atoms with Crippen molar-refractivity contribution in [2.24, 2.45) is 5.92 Å². The van der Waals surface area contributed by atoms with E-state index >= 15 is 0 Å². The molecule has 1 amide bonds. The first kappa shape index (κ1) is 18.5. The van der Waals surface area contributed by atoms with Crippen LogP contribution in [0.2, 0.25) is 0 Å². The number of aromatic nitrogens is 2. The van der Waals surface area contributed by atoms with Gasteiger partial charge in [0, 0.05) is 18.7 Å². The van der Waals surface area contributed by atoms with E-state index in [4.69, 9.17) is 9.78 Å². The molecule has 3 aromatic rings. The zero-order valence-electron chi connectivity index (χ0n) is 15.4. The predicted molar refractivity (Wildman–Crippen MR) is 98.3 cm³/mol. The van der Waals surface area contributed by atoms with Crippen LogP contribution in [0.15, 0.2) is 34.9 Å². The van der Waals surface area contributed by atoms with Gasteiger partial charge in [-0.3, -0.25) is 4.79 Å². The average Bonchev–Trinajstić information content (AvgIpc) is 3.06. The van der Waals surface area contributed by atoms with Crippen LogP contribution in [0.25, 0.3) is 22.4 Å². The molecular weight excluding hydrogens is 347 g/mol. The zero-order valence-corrected chi connectivity index (χ0v) is 15.4. The number of halogens is 1. The van der Waals surface area contributed by atoms with E-state index in [0.717, 1.165) is 0 Å². The van der Waals surface area contributed by atoms with Gasteiger partial charge < -0.3 is 9.42 Å². The lowest BCUT2D eigenvalue weighted by Gasteiger charge is -2.22. The third kappa shape index (κ3) is 3.51. The molecule has 0 N–H and O–H groups in total. The van der Waals surface area contributed by atoms with Crippen molar-refractivity contribution < 1.29 is 13.7 Å². The standard InChI is InChI=1S/C20H19FN4O2/c1-4-25(11-12(2)10-22)20(26)15-9-17(14-7-5-6-8-16(14)21)23-19-18(15)13(3)24-27-19/h5-9,12H,4,11H2,1-3H3/t12-/m1/s1. The van der Waals surface area contributed by atoms with Crippen molar-refractivity contribution >= 4 is 17.0 Å². The predicted octanol–water partition coefficient (Wildman–Crippen LogP) is 3.96. The Hall–Kier alpha value is -3.27. The van der Waals surface area contributed by atoms with Crippen LogP contribution in [-0.2, 0) is 0 Å². The first-order valence-corrected chi connectivity index (χ1v) is 8.67. The Morgan fingerprint density at radius 2 is 2.15 bits per heavy atom. The van der Waals surface area contributed by atoms with Crippen molar-refractivity contribution in [3.8, 4) is 17.3 Å². The summed E-state index contributed by atoms with van der Waals surface area (Å²) in [6.07, 6.45) is 0. The minimum absolute atomic E-state index is 0.181. The highest BCUT2D eigenvalue weighted by molar-refractivity contribution is 6.07. The number of hydrogen-bond acceptors (Lipinski definition) is 5. The van der Waals surface area contributed by atoms with Crippen LogP contribution in [0.3, 0.4) is 0 Å². The molecule has 0 saturated heterocycles. The van der Waals surface area contributed by atoms with Crippen molar-refractivity contribution in [2.45, 2.75) is 20.8 Å². The molecule has 27 heavy (non-hydrogen) atoms. The maximum Gasteiger partial charge on any atom is 0.259 e. The molecule has 0 unspecified atom stereocenters. The number of hydrogen-bond donors (Lipinski definition) is 0. The van der Waals surface area contributed by atoms with Gasteiger partial charge in [-0.1, -0.05) is 17.3 Å². The molecule has 0 saturated carbocycles. The van der Waals surface area contributed by atoms with E-state index < -0.39 is 5.82 Å². The van der Waals surface area contributed by atoms with Gasteiger partial charge >= 0.3 is 0 Å². The molecule has 1 aromatic carbocycles. The number of rotatable bonds is 5. The summed E-state index contributed by atoms with van der Waals surface area (Å²) in [6.45, 7) is 6.07. The minimum atomic E-state index is -0.440. The molecule has 2 heterocycles. The molecule has 0 spiro atoms. The first-order chi connectivity index (χ1) is 13.0. The van der Waals surface area contributed by atoms with E-state index in [-0.39, 0.29) is 23.1 Å². The summed E-state index contributed by atoms with van der Waals surface area (Å²) in [6, 6.07) is 9.91. The Morgan fingerprint density at radius 3 is 2.81 bits per heavy atom. The van der Waals surface area contributed by atoms with Gasteiger partial charge in [-0.2, -0.15) is 5.26 Å². The van der Waals surface area contributed by atoms with Gasteiger partial charge in [0.05, 0.1) is 34.3 Å². The van der Waals surface area contributed by atoms with Gasteiger partial charge in [-0.15, -0.1) is 0 Å². The van der Waals surface area contributed by atoms with E-state index in [1.165, 1.54) is 6.07 Å². The normalized spacial score (nSPS) is 12.0. The zero-order chi connectivity index (χ0) is 19.6. The Morgan fingerprint density at radius 1 is 1.41 bits per heavy atom. The lowest BCUT2D eigenvalue weighted by atomic mass is 10.0. The summed E-state index contributed by atoms with van der Waals surface area (Å²) in [7, 11) is 0. The average molecular weight is 366 g/mol. The van der Waals surface area contributed by atoms with Crippen molar-refractivity contribution in [3.05, 3.63) is 47.4 Å². The van der Waals surface area contributed by atoms with Crippen LogP contribution in [0.4, 0.5) is 4.39 Å². The number of fused-ring (bicyclic) bond motifs is 1. The van der Waals surface area contributed by atoms with Crippen LogP contribution >= 0.6 is 0 Å². The van der Waals surface area contributed by atoms with Gasteiger partial charge in [0.25, 0.3) is 11.6 Å². The monoisotopic (exact) mass is 366 g/mol. The van der Waals surface area contributed by atoms with Crippen molar-refractivity contribution in [1.82, 2.24) is 15.0 Å². The molecule has 0 aliphatic carbocycles. The van der Waals surface area contributed by atoms with E-state index in [1.807, 2.05) is 6.92 Å². The second kappa shape index (κ2) is 7.54. The summed E-state index contributed by atoms with van der Waals surface area (Å²) in [4.78, 5) is 19.1. The topological polar surface area (TPSA) is 83.0 Å². The molecule has 138 valence electrons. The van der Waals surface area contributed by atoms with Crippen LogP contribution < -0.4 is 0 Å². The number of benzene rings is 1. The largest absolute Gasteiger partial charge is 0.338 e. The SMILES string of the molecule is CCN(C[C@H](C)C#N)C(=O)c1cc(-c2ccccc2F)nc2onc(C)c12. The van der Waals surface area contributed by atoms with Crippen molar-refractivity contribution in [2.75, 3.05) is 13.1 Å². The lowest BCUT2D eigenvalue weighted by Crippen LogP contribution is -2.34. The van der Waals surface area contributed by atoms with Gasteiger partial charge in [-0.05, 0) is 39.0 Å². The molecule has 3 rings (SSSR count). The number of pyridine rings is 1. The van der Waals surface area contributed by atoms with E-state index in [1.54, 1.807) is 43.0 Å². The van der Waals surface area contributed by atoms with Crippen LogP contribution in [0.5, 0.6) is 0 Å². The fourth-order valence-corrected chi connectivity index (χ4v) is 2.97. The maximum atomic E-state index is 14.2. The number of carbonyl (C=O) groups excluding carboxylic acids is 1. The number of nitrogens with zero attached hydrogens (tertiary/aromatic N) is 4. The maximum absolute atomic E-state index is 14.2. The third-order valence-electron chi connectivity index (χ3n) is 4.38. The van der Waals surface area contributed by atoms with Gasteiger partial charge in [0.15, 0.2) is 0 Å². The highest BCUT2D eigenvalue weighted by atomic mass is 19.1. The molecule has 0 radical (unpaired) electrons. The Labute approximate surface area is 156 Å². The number of amides is 1. The van der Waals surface area contributed by atoms with Crippen LogP contribution in [0.1, 0.15) is 29.9 Å². The van der Waals surface area contributed by atoms with Crippen LogP contribution in [0, 0.1) is 30.0 Å². The smallest absolute Gasteiger partial charge is 0.259 e. The Bertz CT molecular complexity index is 1040. The summed E-state index contributed by atoms with van der Waals surface area (Å²) >= 11 is 0. The molecule has 1 atom stereocenters. The first-order valence-electron chi connectivity index (χ1n) is 8.67. The van der Waals surface area contributed by atoms with Crippen molar-refractivity contribution in [1.29, 1.82) is 5.26 Å². The summed E-state index contributed by atoms with van der Waals surface area (Å²) < 4.78 is 19.5. The second-order valence-corrected chi connectivity index (χ2v) is 6.36. The lowest BCUT2D eigenvalue weighted by molar-refractivity contribution is 0.0754. The second-order valence-electron chi connectivity index (χ2n) is 6.36.